The molecule has 1 aromatic carbocycles. The molecule has 0 radical (unpaired) electrons. The van der Waals surface area contributed by atoms with Crippen molar-refractivity contribution in [2.45, 2.75) is 31.5 Å². The lowest BCUT2D eigenvalue weighted by Gasteiger charge is -2.15. The molecule has 1 aliphatic rings. The Labute approximate surface area is 162 Å². The van der Waals surface area contributed by atoms with Crippen LogP contribution in [-0.2, 0) is 0 Å². The SMILES string of the molecule is CN(C)CCCNc1nc(Nc2ccccc2OC(F)(F)F)cc(C2CC2)n1. The van der Waals surface area contributed by atoms with Gasteiger partial charge in [-0.25, -0.2) is 4.98 Å². The number of halogens is 3. The summed E-state index contributed by atoms with van der Waals surface area (Å²) in [5.74, 6) is 0.986. The molecule has 0 saturated heterocycles. The summed E-state index contributed by atoms with van der Waals surface area (Å²) in [7, 11) is 4.01. The van der Waals surface area contributed by atoms with Crippen molar-refractivity contribution in [3.8, 4) is 5.75 Å². The molecule has 152 valence electrons. The lowest BCUT2D eigenvalue weighted by molar-refractivity contribution is -0.274. The molecule has 2 N–H and O–H groups in total. The Morgan fingerprint density at radius 1 is 1.18 bits per heavy atom. The van der Waals surface area contributed by atoms with E-state index in [1.165, 1.54) is 18.2 Å². The van der Waals surface area contributed by atoms with Crippen molar-refractivity contribution < 1.29 is 17.9 Å². The predicted octanol–water partition coefficient (Wildman–Crippen LogP) is 4.36. The number of aromatic nitrogens is 2. The molecule has 0 unspecified atom stereocenters. The number of benzene rings is 1. The second-order valence-electron chi connectivity index (χ2n) is 7.03. The summed E-state index contributed by atoms with van der Waals surface area (Å²) < 4.78 is 42.0. The summed E-state index contributed by atoms with van der Waals surface area (Å²) in [6.07, 6.45) is -1.72. The lowest BCUT2D eigenvalue weighted by atomic mass is 10.2. The van der Waals surface area contributed by atoms with Crippen molar-refractivity contribution in [3.05, 3.63) is 36.0 Å². The number of rotatable bonds is 9. The van der Waals surface area contributed by atoms with Crippen LogP contribution in [0.2, 0.25) is 0 Å². The number of hydrogen-bond acceptors (Lipinski definition) is 6. The number of anilines is 3. The first-order chi connectivity index (χ1) is 13.3. The van der Waals surface area contributed by atoms with E-state index in [4.69, 9.17) is 0 Å². The van der Waals surface area contributed by atoms with Crippen molar-refractivity contribution >= 4 is 17.5 Å². The van der Waals surface area contributed by atoms with Crippen molar-refractivity contribution in [2.75, 3.05) is 37.8 Å². The molecule has 0 bridgehead atoms. The monoisotopic (exact) mass is 395 g/mol. The van der Waals surface area contributed by atoms with Crippen LogP contribution in [0.1, 0.15) is 30.9 Å². The summed E-state index contributed by atoms with van der Waals surface area (Å²) in [5.41, 5.74) is 1.08. The zero-order chi connectivity index (χ0) is 20.1. The van der Waals surface area contributed by atoms with Crippen molar-refractivity contribution in [1.29, 1.82) is 0 Å². The fourth-order valence-corrected chi connectivity index (χ4v) is 2.71. The number of para-hydroxylation sites is 2. The van der Waals surface area contributed by atoms with Crippen LogP contribution in [0.4, 0.5) is 30.6 Å². The van der Waals surface area contributed by atoms with E-state index in [1.54, 1.807) is 12.1 Å². The summed E-state index contributed by atoms with van der Waals surface area (Å²) in [6.45, 7) is 1.64. The maximum Gasteiger partial charge on any atom is 0.573 e. The van der Waals surface area contributed by atoms with Gasteiger partial charge in [0.05, 0.1) is 11.4 Å². The Bertz CT molecular complexity index is 793. The van der Waals surface area contributed by atoms with Crippen LogP contribution >= 0.6 is 0 Å². The van der Waals surface area contributed by atoms with Gasteiger partial charge in [-0.05, 0) is 52.0 Å². The average molecular weight is 395 g/mol. The van der Waals surface area contributed by atoms with Gasteiger partial charge in [-0.3, -0.25) is 0 Å². The van der Waals surface area contributed by atoms with Crippen LogP contribution in [0, 0.1) is 0 Å². The number of ether oxygens (including phenoxy) is 1. The van der Waals surface area contributed by atoms with E-state index in [-0.39, 0.29) is 11.4 Å². The van der Waals surface area contributed by atoms with E-state index in [0.717, 1.165) is 31.5 Å². The highest BCUT2D eigenvalue weighted by atomic mass is 19.4. The molecule has 6 nitrogen and oxygen atoms in total. The van der Waals surface area contributed by atoms with Gasteiger partial charge >= 0.3 is 6.36 Å². The Balaban J connectivity index is 1.76. The Kier molecular flexibility index (Phi) is 6.23. The van der Waals surface area contributed by atoms with Gasteiger partial charge in [-0.1, -0.05) is 12.1 Å². The van der Waals surface area contributed by atoms with Crippen LogP contribution in [0.15, 0.2) is 30.3 Å². The molecule has 0 atom stereocenters. The van der Waals surface area contributed by atoms with Gasteiger partial charge < -0.3 is 20.3 Å². The van der Waals surface area contributed by atoms with Gasteiger partial charge in [-0.2, -0.15) is 4.98 Å². The van der Waals surface area contributed by atoms with E-state index >= 15 is 0 Å². The molecular weight excluding hydrogens is 371 g/mol. The maximum absolute atomic E-state index is 12.6. The quantitative estimate of drug-likeness (QED) is 0.615. The molecule has 0 aliphatic heterocycles. The van der Waals surface area contributed by atoms with Crippen molar-refractivity contribution in [3.63, 3.8) is 0 Å². The van der Waals surface area contributed by atoms with Gasteiger partial charge in [0.2, 0.25) is 5.95 Å². The van der Waals surface area contributed by atoms with Crippen LogP contribution in [-0.4, -0.2) is 48.4 Å². The van der Waals surface area contributed by atoms with Crippen LogP contribution < -0.4 is 15.4 Å². The fraction of sp³-hybridized carbons (Fsp3) is 0.474. The largest absolute Gasteiger partial charge is 0.573 e. The topological polar surface area (TPSA) is 62.3 Å². The van der Waals surface area contributed by atoms with Crippen LogP contribution in [0.5, 0.6) is 5.75 Å². The van der Waals surface area contributed by atoms with Gasteiger partial charge in [0.25, 0.3) is 0 Å². The number of nitrogens with one attached hydrogen (secondary N) is 2. The molecular formula is C19H24F3N5O. The first-order valence-corrected chi connectivity index (χ1v) is 9.19. The summed E-state index contributed by atoms with van der Waals surface area (Å²) >= 11 is 0. The maximum atomic E-state index is 12.6. The molecule has 1 fully saturated rings. The number of nitrogens with zero attached hydrogens (tertiary/aromatic N) is 3. The molecule has 1 saturated carbocycles. The van der Waals surface area contributed by atoms with E-state index in [1.807, 2.05) is 14.1 Å². The highest BCUT2D eigenvalue weighted by Gasteiger charge is 2.32. The molecule has 0 amide bonds. The van der Waals surface area contributed by atoms with Gasteiger partial charge in [0, 0.05) is 18.5 Å². The second-order valence-corrected chi connectivity index (χ2v) is 7.03. The Hall–Kier alpha value is -2.55. The van der Waals surface area contributed by atoms with E-state index in [2.05, 4.69) is 30.2 Å². The van der Waals surface area contributed by atoms with Gasteiger partial charge in [-0.15, -0.1) is 13.2 Å². The van der Waals surface area contributed by atoms with Gasteiger partial charge in [0.1, 0.15) is 5.82 Å². The first kappa shape index (κ1) is 20.2. The average Bonchev–Trinajstić information content (AvgIpc) is 3.44. The third kappa shape index (κ3) is 6.26. The fourth-order valence-electron chi connectivity index (χ4n) is 2.71. The van der Waals surface area contributed by atoms with E-state index in [0.29, 0.717) is 24.2 Å². The molecule has 1 aliphatic carbocycles. The standard InChI is InChI=1S/C19H24F3N5O/c1-27(2)11-5-10-23-18-25-15(13-8-9-13)12-17(26-18)24-14-6-3-4-7-16(14)28-19(20,21)22/h3-4,6-7,12-13H,5,8-11H2,1-2H3,(H2,23,24,25,26). The second kappa shape index (κ2) is 8.64. The van der Waals surface area contributed by atoms with Crippen molar-refractivity contribution in [1.82, 2.24) is 14.9 Å². The highest BCUT2D eigenvalue weighted by Crippen LogP contribution is 2.40. The molecule has 28 heavy (non-hydrogen) atoms. The smallest absolute Gasteiger partial charge is 0.404 e. The number of hydrogen-bond donors (Lipinski definition) is 2. The minimum atomic E-state index is -4.76. The lowest BCUT2D eigenvalue weighted by Crippen LogP contribution is -2.18. The minimum Gasteiger partial charge on any atom is -0.404 e. The third-order valence-electron chi connectivity index (χ3n) is 4.18. The highest BCUT2D eigenvalue weighted by molar-refractivity contribution is 5.65. The zero-order valence-corrected chi connectivity index (χ0v) is 15.9. The predicted molar refractivity (Wildman–Crippen MR) is 102 cm³/mol. The Morgan fingerprint density at radius 3 is 2.61 bits per heavy atom. The zero-order valence-electron chi connectivity index (χ0n) is 15.9. The summed E-state index contributed by atoms with van der Waals surface area (Å²) in [5, 5.41) is 6.14. The normalized spacial score (nSPS) is 14.2. The molecule has 1 aromatic heterocycles. The van der Waals surface area contributed by atoms with Gasteiger partial charge in [0.15, 0.2) is 5.75 Å². The minimum absolute atomic E-state index is 0.193. The van der Waals surface area contributed by atoms with Crippen molar-refractivity contribution in [2.24, 2.45) is 0 Å². The Morgan fingerprint density at radius 2 is 1.93 bits per heavy atom. The van der Waals surface area contributed by atoms with E-state index < -0.39 is 6.36 Å². The molecule has 0 spiro atoms. The molecule has 9 heteroatoms. The molecule has 2 aromatic rings. The van der Waals surface area contributed by atoms with Crippen LogP contribution in [0.3, 0.4) is 0 Å². The van der Waals surface area contributed by atoms with Crippen LogP contribution in [0.25, 0.3) is 0 Å². The summed E-state index contributed by atoms with van der Waals surface area (Å²) in [6, 6.07) is 7.69. The first-order valence-electron chi connectivity index (χ1n) is 9.19. The summed E-state index contributed by atoms with van der Waals surface area (Å²) in [4.78, 5) is 11.0. The van der Waals surface area contributed by atoms with E-state index in [9.17, 15) is 13.2 Å². The third-order valence-corrected chi connectivity index (χ3v) is 4.18. The molecule has 3 rings (SSSR count). The number of alkyl halides is 3. The molecule has 1 heterocycles.